The molecule has 0 radical (unpaired) electrons. The van der Waals surface area contributed by atoms with Gasteiger partial charge in [-0.05, 0) is 19.1 Å². The SMILES string of the molecule is CSCCC(=O)NC1(C(=O)O)CCCCC1. The molecule has 16 heavy (non-hydrogen) atoms. The van der Waals surface area contributed by atoms with Crippen molar-refractivity contribution in [2.75, 3.05) is 12.0 Å². The molecule has 0 saturated heterocycles. The molecule has 1 fully saturated rings. The number of carbonyl (C=O) groups is 2. The Morgan fingerprint density at radius 3 is 2.44 bits per heavy atom. The van der Waals surface area contributed by atoms with E-state index in [1.165, 1.54) is 0 Å². The highest BCUT2D eigenvalue weighted by Crippen LogP contribution is 2.28. The number of amides is 1. The van der Waals surface area contributed by atoms with Gasteiger partial charge in [0.05, 0.1) is 0 Å². The predicted molar refractivity (Wildman–Crippen MR) is 64.6 cm³/mol. The second-order valence-electron chi connectivity index (χ2n) is 4.24. The number of aliphatic carboxylic acids is 1. The molecule has 5 heteroatoms. The minimum atomic E-state index is -0.992. The fourth-order valence-corrected chi connectivity index (χ4v) is 2.46. The number of carbonyl (C=O) groups excluding carboxylic acids is 1. The van der Waals surface area contributed by atoms with Crippen LogP contribution in [0, 0.1) is 0 Å². The smallest absolute Gasteiger partial charge is 0.329 e. The number of hydrogen-bond acceptors (Lipinski definition) is 3. The molecule has 0 aliphatic heterocycles. The van der Waals surface area contributed by atoms with E-state index in [0.29, 0.717) is 19.3 Å². The van der Waals surface area contributed by atoms with E-state index in [4.69, 9.17) is 0 Å². The van der Waals surface area contributed by atoms with Crippen LogP contribution in [0.4, 0.5) is 0 Å². The van der Waals surface area contributed by atoms with Crippen molar-refractivity contribution in [2.45, 2.75) is 44.1 Å². The molecular weight excluding hydrogens is 226 g/mol. The Labute approximate surface area is 100 Å². The van der Waals surface area contributed by atoms with E-state index in [1.807, 2.05) is 6.26 Å². The third kappa shape index (κ3) is 3.40. The quantitative estimate of drug-likeness (QED) is 0.773. The fraction of sp³-hybridized carbons (Fsp3) is 0.818. The van der Waals surface area contributed by atoms with Crippen LogP contribution in [0.15, 0.2) is 0 Å². The van der Waals surface area contributed by atoms with Crippen molar-refractivity contribution < 1.29 is 14.7 Å². The standard InChI is InChI=1S/C11H19NO3S/c1-16-8-5-9(13)12-11(10(14)15)6-3-2-4-7-11/h2-8H2,1H3,(H,12,13)(H,14,15). The average Bonchev–Trinajstić information content (AvgIpc) is 2.27. The lowest BCUT2D eigenvalue weighted by Crippen LogP contribution is -2.55. The van der Waals surface area contributed by atoms with Crippen molar-refractivity contribution in [1.82, 2.24) is 5.32 Å². The maximum Gasteiger partial charge on any atom is 0.329 e. The molecule has 0 aromatic heterocycles. The lowest BCUT2D eigenvalue weighted by Gasteiger charge is -2.33. The molecule has 2 N–H and O–H groups in total. The summed E-state index contributed by atoms with van der Waals surface area (Å²) in [6.45, 7) is 0. The van der Waals surface area contributed by atoms with E-state index in [0.717, 1.165) is 25.0 Å². The summed E-state index contributed by atoms with van der Waals surface area (Å²) in [4.78, 5) is 22.9. The van der Waals surface area contributed by atoms with Crippen molar-refractivity contribution in [1.29, 1.82) is 0 Å². The molecule has 1 amide bonds. The molecule has 1 aliphatic rings. The first-order chi connectivity index (χ1) is 7.60. The van der Waals surface area contributed by atoms with Gasteiger partial charge in [0.15, 0.2) is 0 Å². The molecule has 4 nitrogen and oxygen atoms in total. The van der Waals surface area contributed by atoms with Crippen LogP contribution in [0.5, 0.6) is 0 Å². The largest absolute Gasteiger partial charge is 0.480 e. The highest BCUT2D eigenvalue weighted by atomic mass is 32.2. The van der Waals surface area contributed by atoms with Crippen molar-refractivity contribution in [3.05, 3.63) is 0 Å². The molecule has 0 unspecified atom stereocenters. The van der Waals surface area contributed by atoms with Gasteiger partial charge in [0.1, 0.15) is 5.54 Å². The van der Waals surface area contributed by atoms with Gasteiger partial charge in [-0.2, -0.15) is 11.8 Å². The van der Waals surface area contributed by atoms with Gasteiger partial charge in [-0.1, -0.05) is 19.3 Å². The first kappa shape index (κ1) is 13.4. The van der Waals surface area contributed by atoms with Crippen LogP contribution in [-0.4, -0.2) is 34.5 Å². The normalized spacial score (nSPS) is 19.1. The minimum Gasteiger partial charge on any atom is -0.480 e. The van der Waals surface area contributed by atoms with E-state index < -0.39 is 11.5 Å². The molecule has 0 spiro atoms. The van der Waals surface area contributed by atoms with Gasteiger partial charge in [0.25, 0.3) is 0 Å². The molecule has 1 aliphatic carbocycles. The Morgan fingerprint density at radius 1 is 1.31 bits per heavy atom. The summed E-state index contributed by atoms with van der Waals surface area (Å²) in [6.07, 6.45) is 6.29. The van der Waals surface area contributed by atoms with Crippen LogP contribution in [-0.2, 0) is 9.59 Å². The molecule has 0 aromatic carbocycles. The van der Waals surface area contributed by atoms with E-state index in [2.05, 4.69) is 5.32 Å². The minimum absolute atomic E-state index is 0.140. The Hall–Kier alpha value is -0.710. The Bertz CT molecular complexity index is 262. The lowest BCUT2D eigenvalue weighted by atomic mass is 9.81. The van der Waals surface area contributed by atoms with Crippen LogP contribution in [0.3, 0.4) is 0 Å². The fourth-order valence-electron chi connectivity index (χ4n) is 2.07. The van der Waals surface area contributed by atoms with Crippen molar-refractivity contribution in [3.8, 4) is 0 Å². The van der Waals surface area contributed by atoms with Gasteiger partial charge in [-0.15, -0.1) is 0 Å². The van der Waals surface area contributed by atoms with Crippen LogP contribution in [0.2, 0.25) is 0 Å². The van der Waals surface area contributed by atoms with Gasteiger partial charge >= 0.3 is 5.97 Å². The van der Waals surface area contributed by atoms with Crippen molar-refractivity contribution in [3.63, 3.8) is 0 Å². The van der Waals surface area contributed by atoms with E-state index in [1.54, 1.807) is 11.8 Å². The second kappa shape index (κ2) is 6.13. The first-order valence-electron chi connectivity index (χ1n) is 5.64. The Morgan fingerprint density at radius 2 is 1.94 bits per heavy atom. The predicted octanol–water partition coefficient (Wildman–Crippen LogP) is 1.64. The number of thioether (sulfide) groups is 1. The van der Waals surface area contributed by atoms with Crippen LogP contribution >= 0.6 is 11.8 Å². The number of carboxylic acids is 1. The monoisotopic (exact) mass is 245 g/mol. The molecular formula is C11H19NO3S. The third-order valence-electron chi connectivity index (χ3n) is 3.03. The zero-order valence-electron chi connectivity index (χ0n) is 9.62. The summed E-state index contributed by atoms with van der Waals surface area (Å²) < 4.78 is 0. The Balaban J connectivity index is 2.56. The number of hydrogen-bond donors (Lipinski definition) is 2. The number of rotatable bonds is 5. The topological polar surface area (TPSA) is 66.4 Å². The zero-order chi connectivity index (χ0) is 12.0. The number of nitrogens with one attached hydrogen (secondary N) is 1. The Kier molecular flexibility index (Phi) is 5.12. The third-order valence-corrected chi connectivity index (χ3v) is 3.64. The molecule has 0 bridgehead atoms. The molecule has 0 atom stereocenters. The molecule has 1 rings (SSSR count). The maximum absolute atomic E-state index is 11.6. The van der Waals surface area contributed by atoms with Crippen molar-refractivity contribution in [2.24, 2.45) is 0 Å². The van der Waals surface area contributed by atoms with Crippen LogP contribution in [0.1, 0.15) is 38.5 Å². The first-order valence-corrected chi connectivity index (χ1v) is 7.03. The van der Waals surface area contributed by atoms with E-state index >= 15 is 0 Å². The summed E-state index contributed by atoms with van der Waals surface area (Å²) in [5.41, 5.74) is -0.992. The van der Waals surface area contributed by atoms with Gasteiger partial charge in [0.2, 0.25) is 5.91 Å². The molecule has 0 heterocycles. The molecule has 1 saturated carbocycles. The maximum atomic E-state index is 11.6. The summed E-state index contributed by atoms with van der Waals surface area (Å²) in [5.74, 6) is -0.287. The van der Waals surface area contributed by atoms with E-state index in [9.17, 15) is 14.7 Å². The lowest BCUT2D eigenvalue weighted by molar-refractivity contribution is -0.149. The van der Waals surface area contributed by atoms with Crippen LogP contribution < -0.4 is 5.32 Å². The van der Waals surface area contributed by atoms with Gasteiger partial charge in [-0.25, -0.2) is 4.79 Å². The molecule has 0 aromatic rings. The summed E-state index contributed by atoms with van der Waals surface area (Å²) in [5, 5.41) is 12.0. The van der Waals surface area contributed by atoms with E-state index in [-0.39, 0.29) is 5.91 Å². The van der Waals surface area contributed by atoms with Gasteiger partial charge < -0.3 is 10.4 Å². The van der Waals surface area contributed by atoms with Gasteiger partial charge in [0, 0.05) is 12.2 Å². The average molecular weight is 245 g/mol. The zero-order valence-corrected chi connectivity index (χ0v) is 10.4. The summed E-state index contributed by atoms with van der Waals surface area (Å²) in [7, 11) is 0. The highest BCUT2D eigenvalue weighted by molar-refractivity contribution is 7.98. The summed E-state index contributed by atoms with van der Waals surface area (Å²) >= 11 is 1.59. The van der Waals surface area contributed by atoms with Crippen LogP contribution in [0.25, 0.3) is 0 Å². The summed E-state index contributed by atoms with van der Waals surface area (Å²) in [6, 6.07) is 0. The highest BCUT2D eigenvalue weighted by Gasteiger charge is 2.40. The number of carboxylic acid groups (broad SMARTS) is 1. The van der Waals surface area contributed by atoms with Crippen molar-refractivity contribution >= 4 is 23.6 Å². The second-order valence-corrected chi connectivity index (χ2v) is 5.22. The molecule has 92 valence electrons. The van der Waals surface area contributed by atoms with Gasteiger partial charge in [-0.3, -0.25) is 4.79 Å².